The molecule has 0 amide bonds. The highest BCUT2D eigenvalue weighted by atomic mass is 32.2. The van der Waals surface area contributed by atoms with Crippen molar-refractivity contribution in [2.75, 3.05) is 5.73 Å². The first-order valence-corrected chi connectivity index (χ1v) is 7.14. The molecule has 0 spiro atoms. The number of sulfonamides is 1. The summed E-state index contributed by atoms with van der Waals surface area (Å²) >= 11 is 0. The van der Waals surface area contributed by atoms with Crippen molar-refractivity contribution in [2.45, 2.75) is 31.3 Å². The number of halogens is 3. The van der Waals surface area contributed by atoms with Crippen LogP contribution < -0.4 is 10.5 Å². The summed E-state index contributed by atoms with van der Waals surface area (Å²) in [4.78, 5) is 0. The first-order valence-electron chi connectivity index (χ1n) is 5.48. The van der Waals surface area contributed by atoms with Gasteiger partial charge in [0.2, 0.25) is 10.0 Å². The monoisotopic (exact) mass is 296 g/mol. The fraction of sp³-hybridized carbons (Fsp3) is 0.455. The maximum atomic E-state index is 12.1. The van der Waals surface area contributed by atoms with Crippen LogP contribution >= 0.6 is 0 Å². The van der Waals surface area contributed by atoms with Crippen molar-refractivity contribution in [3.05, 3.63) is 29.8 Å². The quantitative estimate of drug-likeness (QED) is 0.817. The summed E-state index contributed by atoms with van der Waals surface area (Å²) in [5, 5.41) is 0. The molecule has 0 fully saturated rings. The minimum Gasteiger partial charge on any atom is -0.399 e. The van der Waals surface area contributed by atoms with Gasteiger partial charge in [-0.1, -0.05) is 12.1 Å². The lowest BCUT2D eigenvalue weighted by atomic mass is 10.2. The van der Waals surface area contributed by atoms with Gasteiger partial charge in [0, 0.05) is 11.7 Å². The molecule has 0 aliphatic heterocycles. The summed E-state index contributed by atoms with van der Waals surface area (Å²) in [7, 11) is -3.81. The van der Waals surface area contributed by atoms with Gasteiger partial charge in [0.25, 0.3) is 0 Å². The molecule has 0 bridgehead atoms. The average Bonchev–Trinajstić information content (AvgIpc) is 2.17. The lowest BCUT2D eigenvalue weighted by Gasteiger charge is -2.16. The van der Waals surface area contributed by atoms with Gasteiger partial charge in [0.15, 0.2) is 0 Å². The van der Waals surface area contributed by atoms with Crippen LogP contribution in [0.3, 0.4) is 0 Å². The Labute approximate surface area is 109 Å². The second kappa shape index (κ2) is 5.79. The summed E-state index contributed by atoms with van der Waals surface area (Å²) in [5.41, 5.74) is 6.40. The van der Waals surface area contributed by atoms with Gasteiger partial charge in [-0.15, -0.1) is 0 Å². The van der Waals surface area contributed by atoms with Crippen molar-refractivity contribution in [3.8, 4) is 0 Å². The molecule has 0 aliphatic carbocycles. The van der Waals surface area contributed by atoms with Crippen molar-refractivity contribution in [1.82, 2.24) is 4.72 Å². The third-order valence-corrected chi connectivity index (χ3v) is 3.73. The van der Waals surface area contributed by atoms with E-state index in [4.69, 9.17) is 5.73 Å². The zero-order chi connectivity index (χ0) is 14.7. The lowest BCUT2D eigenvalue weighted by molar-refractivity contribution is -0.137. The van der Waals surface area contributed by atoms with Crippen LogP contribution in [0.4, 0.5) is 18.9 Å². The van der Waals surface area contributed by atoms with Gasteiger partial charge in [-0.25, -0.2) is 13.1 Å². The van der Waals surface area contributed by atoms with E-state index in [1.807, 2.05) is 4.72 Å². The van der Waals surface area contributed by atoms with Crippen LogP contribution in [-0.4, -0.2) is 20.6 Å². The van der Waals surface area contributed by atoms with Gasteiger partial charge >= 0.3 is 6.18 Å². The second-order valence-electron chi connectivity index (χ2n) is 4.34. The zero-order valence-corrected chi connectivity index (χ0v) is 11.1. The third kappa shape index (κ3) is 6.44. The molecular weight excluding hydrogens is 281 g/mol. The molecule has 1 aromatic rings. The Bertz CT molecular complexity index is 512. The fourth-order valence-corrected chi connectivity index (χ4v) is 2.98. The Morgan fingerprint density at radius 2 is 1.79 bits per heavy atom. The van der Waals surface area contributed by atoms with Gasteiger partial charge in [0.05, 0.1) is 12.2 Å². The summed E-state index contributed by atoms with van der Waals surface area (Å²) < 4.78 is 61.7. The highest BCUT2D eigenvalue weighted by molar-refractivity contribution is 7.88. The van der Waals surface area contributed by atoms with Crippen molar-refractivity contribution < 1.29 is 21.6 Å². The molecule has 4 nitrogen and oxygen atoms in total. The molecule has 1 rings (SSSR count). The molecule has 1 aromatic carbocycles. The minimum absolute atomic E-state index is 0.379. The number of benzene rings is 1. The summed E-state index contributed by atoms with van der Waals surface area (Å²) in [6.07, 6.45) is -5.60. The van der Waals surface area contributed by atoms with Crippen molar-refractivity contribution >= 4 is 15.7 Å². The highest BCUT2D eigenvalue weighted by Gasteiger charge is 2.31. The van der Waals surface area contributed by atoms with Crippen LogP contribution in [0.2, 0.25) is 0 Å². The number of rotatable bonds is 5. The van der Waals surface area contributed by atoms with E-state index in [0.717, 1.165) is 0 Å². The number of alkyl halides is 3. The molecule has 0 aliphatic rings. The number of nitrogens with one attached hydrogen (secondary N) is 1. The largest absolute Gasteiger partial charge is 0.399 e. The SMILES string of the molecule is CC(CC(F)(F)F)NS(=O)(=O)Cc1ccc(N)cc1. The molecule has 0 saturated carbocycles. The van der Waals surface area contributed by atoms with E-state index in [2.05, 4.69) is 0 Å². The van der Waals surface area contributed by atoms with Crippen LogP contribution in [-0.2, 0) is 15.8 Å². The molecule has 1 unspecified atom stereocenters. The highest BCUT2D eigenvalue weighted by Crippen LogP contribution is 2.21. The average molecular weight is 296 g/mol. The number of anilines is 1. The molecule has 3 N–H and O–H groups in total. The van der Waals surface area contributed by atoms with Crippen LogP contribution in [0.15, 0.2) is 24.3 Å². The third-order valence-electron chi connectivity index (χ3n) is 2.25. The van der Waals surface area contributed by atoms with E-state index < -0.39 is 28.7 Å². The predicted molar refractivity (Wildman–Crippen MR) is 66.7 cm³/mol. The summed E-state index contributed by atoms with van der Waals surface area (Å²) in [5.74, 6) is -0.379. The van der Waals surface area contributed by atoms with Crippen LogP contribution in [0.1, 0.15) is 18.9 Å². The molecule has 0 saturated heterocycles. The Morgan fingerprint density at radius 1 is 1.26 bits per heavy atom. The fourth-order valence-electron chi connectivity index (χ4n) is 1.57. The topological polar surface area (TPSA) is 72.2 Å². The maximum Gasteiger partial charge on any atom is 0.390 e. The smallest absolute Gasteiger partial charge is 0.390 e. The molecule has 0 heterocycles. The molecular formula is C11H15F3N2O2S. The molecule has 19 heavy (non-hydrogen) atoms. The van der Waals surface area contributed by atoms with Gasteiger partial charge in [-0.2, -0.15) is 13.2 Å². The number of nitrogens with two attached hydrogens (primary N) is 1. The van der Waals surface area contributed by atoms with E-state index in [0.29, 0.717) is 11.3 Å². The van der Waals surface area contributed by atoms with Crippen molar-refractivity contribution in [2.24, 2.45) is 0 Å². The van der Waals surface area contributed by atoms with Crippen molar-refractivity contribution in [3.63, 3.8) is 0 Å². The number of hydrogen-bond acceptors (Lipinski definition) is 3. The maximum absolute atomic E-state index is 12.1. The van der Waals surface area contributed by atoms with Gasteiger partial charge in [0.1, 0.15) is 0 Å². The van der Waals surface area contributed by atoms with Crippen LogP contribution in [0.25, 0.3) is 0 Å². The summed E-state index contributed by atoms with van der Waals surface area (Å²) in [6.45, 7) is 1.17. The van der Waals surface area contributed by atoms with Crippen molar-refractivity contribution in [1.29, 1.82) is 0 Å². The predicted octanol–water partition coefficient (Wildman–Crippen LogP) is 2.03. The van der Waals surface area contributed by atoms with E-state index in [-0.39, 0.29) is 5.75 Å². The Hall–Kier alpha value is -1.28. The standard InChI is InChI=1S/C11H15F3N2O2S/c1-8(6-11(12,13)14)16-19(17,18)7-9-2-4-10(15)5-3-9/h2-5,8,16H,6-7,15H2,1H3. The Kier molecular flexibility index (Phi) is 4.81. The number of hydrogen-bond donors (Lipinski definition) is 2. The van der Waals surface area contributed by atoms with Crippen LogP contribution in [0, 0.1) is 0 Å². The van der Waals surface area contributed by atoms with Gasteiger partial charge in [-0.3, -0.25) is 0 Å². The Morgan fingerprint density at radius 3 is 2.26 bits per heavy atom. The second-order valence-corrected chi connectivity index (χ2v) is 6.09. The molecule has 0 radical (unpaired) electrons. The van der Waals surface area contributed by atoms with E-state index in [1.54, 1.807) is 0 Å². The minimum atomic E-state index is -4.40. The first kappa shape index (κ1) is 15.8. The Balaban J connectivity index is 2.64. The van der Waals surface area contributed by atoms with E-state index in [9.17, 15) is 21.6 Å². The normalized spacial score (nSPS) is 14.3. The molecule has 0 aromatic heterocycles. The molecule has 1 atom stereocenters. The number of nitrogen functional groups attached to an aromatic ring is 1. The zero-order valence-electron chi connectivity index (χ0n) is 10.2. The molecule has 108 valence electrons. The van der Waals surface area contributed by atoms with Gasteiger partial charge in [-0.05, 0) is 24.6 Å². The molecule has 8 heteroatoms. The van der Waals surface area contributed by atoms with E-state index >= 15 is 0 Å². The lowest BCUT2D eigenvalue weighted by Crippen LogP contribution is -2.36. The van der Waals surface area contributed by atoms with Gasteiger partial charge < -0.3 is 5.73 Å². The summed E-state index contributed by atoms with van der Waals surface area (Å²) in [6, 6.07) is 4.90. The van der Waals surface area contributed by atoms with Crippen LogP contribution in [0.5, 0.6) is 0 Å². The first-order chi connectivity index (χ1) is 8.57. The van der Waals surface area contributed by atoms with E-state index in [1.165, 1.54) is 31.2 Å².